The predicted molar refractivity (Wildman–Crippen MR) is 81.4 cm³/mol. The van der Waals surface area contributed by atoms with Crippen molar-refractivity contribution in [2.75, 3.05) is 0 Å². The summed E-state index contributed by atoms with van der Waals surface area (Å²) in [5.74, 6) is 0.955. The minimum absolute atomic E-state index is 0.955. The van der Waals surface area contributed by atoms with Gasteiger partial charge in [-0.05, 0) is 37.7 Å². The lowest BCUT2D eigenvalue weighted by Crippen LogP contribution is -1.99. The van der Waals surface area contributed by atoms with E-state index in [4.69, 9.17) is 4.98 Å². The lowest BCUT2D eigenvalue weighted by molar-refractivity contribution is 0.700. The molecule has 0 amide bonds. The first-order valence-corrected chi connectivity index (χ1v) is 8.33. The van der Waals surface area contributed by atoms with Gasteiger partial charge in [0.25, 0.3) is 0 Å². The third kappa shape index (κ3) is 1.84. The highest BCUT2D eigenvalue weighted by Gasteiger charge is 2.20. The molecule has 0 unspecified atom stereocenters. The second kappa shape index (κ2) is 4.81. The van der Waals surface area contributed by atoms with E-state index in [1.54, 1.807) is 0 Å². The average Bonchev–Trinajstić information content (AvgIpc) is 3.04. The first-order chi connectivity index (χ1) is 9.86. The maximum atomic E-state index is 4.78. The van der Waals surface area contributed by atoms with E-state index in [2.05, 4.69) is 17.0 Å². The summed E-state index contributed by atoms with van der Waals surface area (Å²) in [6.07, 6.45) is 10.1. The summed E-state index contributed by atoms with van der Waals surface area (Å²) in [5, 5.41) is 5.84. The predicted octanol–water partition coefficient (Wildman–Crippen LogP) is 3.56. The summed E-state index contributed by atoms with van der Waals surface area (Å²) >= 11 is 1.85. The molecule has 4 rings (SSSR count). The van der Waals surface area contributed by atoms with Gasteiger partial charge in [-0.25, -0.2) is 14.5 Å². The quantitative estimate of drug-likeness (QED) is 0.739. The van der Waals surface area contributed by atoms with Crippen LogP contribution in [0.25, 0.3) is 15.9 Å². The summed E-state index contributed by atoms with van der Waals surface area (Å²) in [5.41, 5.74) is 2.50. The van der Waals surface area contributed by atoms with Crippen molar-refractivity contribution in [2.45, 2.75) is 51.9 Å². The second-order valence-electron chi connectivity index (χ2n) is 5.54. The van der Waals surface area contributed by atoms with Crippen LogP contribution in [-0.4, -0.2) is 19.6 Å². The Balaban J connectivity index is 1.92. The van der Waals surface area contributed by atoms with Crippen LogP contribution in [0.5, 0.6) is 0 Å². The summed E-state index contributed by atoms with van der Waals surface area (Å²) in [7, 11) is 0. The van der Waals surface area contributed by atoms with Gasteiger partial charge in [-0.2, -0.15) is 0 Å². The molecule has 0 saturated heterocycles. The molecular formula is C15H18N4S. The van der Waals surface area contributed by atoms with E-state index >= 15 is 0 Å². The maximum Gasteiger partial charge on any atom is 0.167 e. The van der Waals surface area contributed by atoms with Crippen molar-refractivity contribution in [3.05, 3.63) is 22.6 Å². The van der Waals surface area contributed by atoms with Crippen LogP contribution < -0.4 is 0 Å². The molecule has 4 nitrogen and oxygen atoms in total. The van der Waals surface area contributed by atoms with Crippen LogP contribution in [0.2, 0.25) is 0 Å². The van der Waals surface area contributed by atoms with E-state index in [9.17, 15) is 0 Å². The number of aromatic nitrogens is 4. The van der Waals surface area contributed by atoms with E-state index in [1.165, 1.54) is 47.9 Å². The average molecular weight is 286 g/mol. The van der Waals surface area contributed by atoms with Crippen LogP contribution in [0.4, 0.5) is 0 Å². The highest BCUT2D eigenvalue weighted by atomic mass is 32.1. The van der Waals surface area contributed by atoms with Gasteiger partial charge in [0.15, 0.2) is 11.5 Å². The molecular weight excluding hydrogens is 268 g/mol. The standard InChI is InChI=1S/C15H18N4S/c1-2-3-8-12-17-14-13-10-6-4-5-7-11(10)20-15(13)16-9-19(14)18-12/h9H,2-8H2,1H3. The first-order valence-electron chi connectivity index (χ1n) is 7.51. The minimum atomic E-state index is 0.955. The number of unbranched alkanes of at least 4 members (excludes halogenated alkanes) is 1. The van der Waals surface area contributed by atoms with Crippen molar-refractivity contribution < 1.29 is 0 Å². The van der Waals surface area contributed by atoms with E-state index in [0.29, 0.717) is 0 Å². The highest BCUT2D eigenvalue weighted by molar-refractivity contribution is 7.19. The molecule has 1 aliphatic rings. The van der Waals surface area contributed by atoms with Crippen molar-refractivity contribution in [3.8, 4) is 0 Å². The zero-order valence-corrected chi connectivity index (χ0v) is 12.5. The van der Waals surface area contributed by atoms with Gasteiger partial charge < -0.3 is 0 Å². The third-order valence-corrected chi connectivity index (χ3v) is 5.29. The fourth-order valence-electron chi connectivity index (χ4n) is 3.04. The normalized spacial score (nSPS) is 15.1. The van der Waals surface area contributed by atoms with Crippen molar-refractivity contribution in [1.29, 1.82) is 0 Å². The Hall–Kier alpha value is -1.49. The molecule has 0 spiro atoms. The SMILES string of the molecule is CCCCc1nc2c3c4c(sc3ncn2n1)CCCC4. The van der Waals surface area contributed by atoms with E-state index in [-0.39, 0.29) is 0 Å². The summed E-state index contributed by atoms with van der Waals surface area (Å²) < 4.78 is 1.87. The number of hydrogen-bond acceptors (Lipinski definition) is 4. The molecule has 0 saturated carbocycles. The lowest BCUT2D eigenvalue weighted by Gasteiger charge is -2.09. The number of rotatable bonds is 3. The molecule has 104 valence electrons. The molecule has 0 N–H and O–H groups in total. The summed E-state index contributed by atoms with van der Waals surface area (Å²) in [4.78, 5) is 12.0. The number of thiophene rings is 1. The Bertz CT molecular complexity index is 771. The topological polar surface area (TPSA) is 43.1 Å². The van der Waals surface area contributed by atoms with Crippen LogP contribution in [-0.2, 0) is 19.3 Å². The summed E-state index contributed by atoms with van der Waals surface area (Å²) in [6, 6.07) is 0. The molecule has 0 aliphatic heterocycles. The van der Waals surface area contributed by atoms with E-state index in [0.717, 1.165) is 29.1 Å². The number of nitrogens with zero attached hydrogens (tertiary/aromatic N) is 4. The molecule has 1 aliphatic carbocycles. The molecule has 0 aromatic carbocycles. The molecule has 3 heterocycles. The van der Waals surface area contributed by atoms with Gasteiger partial charge in [0.05, 0.1) is 5.39 Å². The molecule has 0 radical (unpaired) electrons. The molecule has 0 atom stereocenters. The van der Waals surface area contributed by atoms with Crippen LogP contribution in [0.1, 0.15) is 48.9 Å². The molecule has 3 aromatic heterocycles. The molecule has 3 aromatic rings. The van der Waals surface area contributed by atoms with Crippen LogP contribution in [0, 0.1) is 0 Å². The minimum Gasteiger partial charge on any atom is -0.225 e. The van der Waals surface area contributed by atoms with Gasteiger partial charge in [-0.15, -0.1) is 16.4 Å². The molecule has 0 fully saturated rings. The Morgan fingerprint density at radius 3 is 3.10 bits per heavy atom. The molecule has 5 heteroatoms. The zero-order chi connectivity index (χ0) is 13.5. The highest BCUT2D eigenvalue weighted by Crippen LogP contribution is 2.36. The number of aryl methyl sites for hydroxylation is 3. The Kier molecular flexibility index (Phi) is 2.95. The van der Waals surface area contributed by atoms with Gasteiger partial charge in [0.1, 0.15) is 11.2 Å². The van der Waals surface area contributed by atoms with Crippen molar-refractivity contribution >= 4 is 27.2 Å². The van der Waals surface area contributed by atoms with Gasteiger partial charge in [0, 0.05) is 11.3 Å². The monoisotopic (exact) mass is 286 g/mol. The second-order valence-corrected chi connectivity index (χ2v) is 6.62. The Morgan fingerprint density at radius 1 is 1.30 bits per heavy atom. The van der Waals surface area contributed by atoms with Gasteiger partial charge in [0.2, 0.25) is 0 Å². The van der Waals surface area contributed by atoms with Gasteiger partial charge in [-0.1, -0.05) is 13.3 Å². The van der Waals surface area contributed by atoms with Crippen molar-refractivity contribution in [1.82, 2.24) is 19.6 Å². The number of fused-ring (bicyclic) bond motifs is 5. The maximum absolute atomic E-state index is 4.78. The Labute approximate surface area is 121 Å². The molecule has 20 heavy (non-hydrogen) atoms. The fourth-order valence-corrected chi connectivity index (χ4v) is 4.26. The lowest BCUT2D eigenvalue weighted by atomic mass is 9.97. The van der Waals surface area contributed by atoms with E-state index < -0.39 is 0 Å². The van der Waals surface area contributed by atoms with Crippen LogP contribution in [0.3, 0.4) is 0 Å². The van der Waals surface area contributed by atoms with Gasteiger partial charge in [-0.3, -0.25) is 0 Å². The number of hydrogen-bond donors (Lipinski definition) is 0. The smallest absolute Gasteiger partial charge is 0.167 e. The molecule has 0 bridgehead atoms. The van der Waals surface area contributed by atoms with Crippen LogP contribution in [0.15, 0.2) is 6.33 Å². The van der Waals surface area contributed by atoms with Crippen LogP contribution >= 0.6 is 11.3 Å². The van der Waals surface area contributed by atoms with Gasteiger partial charge >= 0.3 is 0 Å². The van der Waals surface area contributed by atoms with Crippen molar-refractivity contribution in [2.24, 2.45) is 0 Å². The first kappa shape index (κ1) is 12.3. The van der Waals surface area contributed by atoms with E-state index in [1.807, 2.05) is 22.2 Å². The summed E-state index contributed by atoms with van der Waals surface area (Å²) in [6.45, 7) is 2.20. The Morgan fingerprint density at radius 2 is 2.20 bits per heavy atom. The largest absolute Gasteiger partial charge is 0.225 e. The zero-order valence-electron chi connectivity index (χ0n) is 11.7. The third-order valence-electron chi connectivity index (χ3n) is 4.09. The van der Waals surface area contributed by atoms with Crippen molar-refractivity contribution in [3.63, 3.8) is 0 Å². The fraction of sp³-hybridized carbons (Fsp3) is 0.533.